The minimum atomic E-state index is 0. The second kappa shape index (κ2) is 28.4. The first-order valence-corrected chi connectivity index (χ1v) is 0.508. The van der Waals surface area contributed by atoms with Crippen LogP contribution in [0, 0.1) is 0 Å². The van der Waals surface area contributed by atoms with Crippen molar-refractivity contribution in [1.29, 1.82) is 0 Å². The Morgan fingerprint density at radius 3 is 1.40 bits per heavy atom. The fraction of sp³-hybridized carbons (Fsp3) is 0. The molecule has 1 nitrogen and oxygen atoms in total. The molecule has 0 unspecified atom stereocenters. The third kappa shape index (κ3) is 19.6. The van der Waals surface area contributed by atoms with Gasteiger partial charge in [0, 0.05) is 32.7 Å². The Balaban J connectivity index is -0.000000000500. The minimum absolute atomic E-state index is 0. The van der Waals surface area contributed by atoms with Crippen LogP contribution in [0.15, 0.2) is 0 Å². The van der Waals surface area contributed by atoms with Crippen molar-refractivity contribution in [3.63, 3.8) is 0 Å². The molecule has 0 fully saturated rings. The van der Waals surface area contributed by atoms with E-state index < -0.39 is 0 Å². The van der Waals surface area contributed by atoms with Gasteiger partial charge in [-0.3, -0.25) is 4.70 Å². The van der Waals surface area contributed by atoms with Crippen molar-refractivity contribution < 1.29 is 60.0 Å². The second-order valence-corrected chi connectivity index (χ2v) is 0. The van der Waals surface area contributed by atoms with Gasteiger partial charge in [0.05, 0.1) is 0 Å². The van der Waals surface area contributed by atoms with E-state index in [0.29, 0.717) is 0 Å². The smallest absolute Gasteiger partial charge is 0 e. The molecule has 0 spiro atoms. The molecule has 0 aliphatic carbocycles. The van der Waals surface area contributed by atoms with Crippen LogP contribution in [0.5, 0.6) is 0 Å². The number of hydrogen-bond acceptors (Lipinski definition) is 1. The van der Waals surface area contributed by atoms with Crippen molar-refractivity contribution >= 4 is 48.9 Å². The van der Waals surface area contributed by atoms with Crippen LogP contribution in [-0.4, -0.2) is 48.9 Å². The van der Waals surface area contributed by atoms with Gasteiger partial charge in [0.2, 0.25) is 0 Å². The SMILES string of the molecule is F.[Ba+2].[H-].[H-].[O]=[Cu].[Y]. The zero-order valence-corrected chi connectivity index (χ0v) is 10.6. The molecule has 1 radical (unpaired) electrons. The standard InChI is InChI=1S/Ba.Cu.FH.O.Y.2H/h;;1H;;;;/q+2;;;;;2*-1. The average Bonchev–Trinajstić information content (AvgIpc) is 1.00. The Labute approximate surface area is 106 Å². The van der Waals surface area contributed by atoms with Crippen molar-refractivity contribution in [2.75, 3.05) is 0 Å². The molecule has 0 aromatic carbocycles. The number of hydrogen-bond donors (Lipinski definition) is 0. The molecule has 0 aromatic heterocycles. The summed E-state index contributed by atoms with van der Waals surface area (Å²) in [5.41, 5.74) is 0. The van der Waals surface area contributed by atoms with E-state index in [9.17, 15) is 0 Å². The maximum Gasteiger partial charge on any atom is 0 e. The fourth-order valence-electron chi connectivity index (χ4n) is 0. The van der Waals surface area contributed by atoms with Crippen LogP contribution >= 0.6 is 0 Å². The molecule has 0 bridgehead atoms. The minimum Gasteiger partial charge on any atom is 0 e. The van der Waals surface area contributed by atoms with Gasteiger partial charge in [-0.1, -0.05) is 0 Å². The van der Waals surface area contributed by atoms with Gasteiger partial charge in [-0.2, -0.15) is 0 Å². The summed E-state index contributed by atoms with van der Waals surface area (Å²) in [6, 6.07) is 0. The molecule has 32 valence electrons. The fourth-order valence-corrected chi connectivity index (χ4v) is 0. The Bertz CT molecular complexity index is 17.7. The maximum atomic E-state index is 7.81. The van der Waals surface area contributed by atoms with Crippen LogP contribution in [0.1, 0.15) is 2.85 Å². The average molecular weight is 328 g/mol. The van der Waals surface area contributed by atoms with Crippen molar-refractivity contribution in [3.05, 3.63) is 0 Å². The normalized spacial score (nSPS) is 1.20. The molecule has 0 aliphatic rings. The topological polar surface area (TPSA) is 17.1 Å². The van der Waals surface area contributed by atoms with E-state index in [1.165, 1.54) is 0 Å². The van der Waals surface area contributed by atoms with Gasteiger partial charge in [0.25, 0.3) is 0 Å². The zero-order valence-electron chi connectivity index (χ0n) is 4.40. The van der Waals surface area contributed by atoms with Gasteiger partial charge in [-0.05, 0) is 0 Å². The third-order valence-corrected chi connectivity index (χ3v) is 0. The first-order chi connectivity index (χ1) is 1.00. The van der Waals surface area contributed by atoms with E-state index in [4.69, 9.17) is 3.83 Å². The van der Waals surface area contributed by atoms with Gasteiger partial charge in [0.1, 0.15) is 0 Å². The van der Waals surface area contributed by atoms with Crippen LogP contribution in [0.25, 0.3) is 0 Å². The molecule has 0 heterocycles. The molecule has 5 heteroatoms. The van der Waals surface area contributed by atoms with E-state index in [2.05, 4.69) is 15.9 Å². The molecule has 0 rings (SSSR count). The van der Waals surface area contributed by atoms with Gasteiger partial charge in [-0.15, -0.1) is 0 Å². The summed E-state index contributed by atoms with van der Waals surface area (Å²) in [5.74, 6) is 0. The largest absolute Gasteiger partial charge is 0 e. The monoisotopic (exact) mass is 328 g/mol. The molecule has 0 saturated heterocycles. The number of rotatable bonds is 0. The zero-order chi connectivity index (χ0) is 2.00. The van der Waals surface area contributed by atoms with E-state index in [-0.39, 0.29) is 89.1 Å². The molecule has 0 aromatic rings. The maximum absolute atomic E-state index is 7.81. The summed E-state index contributed by atoms with van der Waals surface area (Å²) in [5, 5.41) is 0. The summed E-state index contributed by atoms with van der Waals surface area (Å²) in [7, 11) is 0. The molecule has 0 N–H and O–H groups in total. The Morgan fingerprint density at radius 2 is 1.40 bits per heavy atom. The van der Waals surface area contributed by atoms with Crippen molar-refractivity contribution in [1.82, 2.24) is 0 Å². The van der Waals surface area contributed by atoms with Crippen LogP contribution < -0.4 is 0 Å². The molecule has 0 aliphatic heterocycles. The van der Waals surface area contributed by atoms with Crippen molar-refractivity contribution in [2.24, 2.45) is 0 Å². The van der Waals surface area contributed by atoms with E-state index in [1.807, 2.05) is 0 Å². The first kappa shape index (κ1) is 24.7. The number of halogens is 1. The molecular formula is H3BaCuFOY. The van der Waals surface area contributed by atoms with Crippen LogP contribution in [0.2, 0.25) is 0 Å². The van der Waals surface area contributed by atoms with Gasteiger partial charge in [-0.25, -0.2) is 0 Å². The van der Waals surface area contributed by atoms with E-state index >= 15 is 0 Å². The predicted molar refractivity (Wildman–Crippen MR) is 11.2 cm³/mol. The summed E-state index contributed by atoms with van der Waals surface area (Å²) < 4.78 is 7.81. The summed E-state index contributed by atoms with van der Waals surface area (Å²) in [4.78, 5) is 0. The second-order valence-electron chi connectivity index (χ2n) is 0. The molecular weight excluding hydrogens is 325 g/mol. The molecule has 0 atom stereocenters. The third-order valence-electron chi connectivity index (χ3n) is 0. The molecule has 0 amide bonds. The quantitative estimate of drug-likeness (QED) is 0.567. The van der Waals surface area contributed by atoms with Gasteiger partial charge < -0.3 is 2.85 Å². The first-order valence-electron chi connectivity index (χ1n) is 0.123. The van der Waals surface area contributed by atoms with Gasteiger partial charge >= 0.3 is 68.7 Å². The molecule has 0 saturated carbocycles. The van der Waals surface area contributed by atoms with Crippen LogP contribution in [-0.2, 0) is 52.5 Å². The summed E-state index contributed by atoms with van der Waals surface area (Å²) in [6.45, 7) is 0. The summed E-state index contributed by atoms with van der Waals surface area (Å²) in [6.07, 6.45) is 0. The van der Waals surface area contributed by atoms with Crippen molar-refractivity contribution in [3.8, 4) is 0 Å². The summed E-state index contributed by atoms with van der Waals surface area (Å²) >= 11 is 2.94. The van der Waals surface area contributed by atoms with Crippen LogP contribution in [0.3, 0.4) is 0 Å². The predicted octanol–water partition coefficient (Wildman–Crippen LogP) is -0.127. The van der Waals surface area contributed by atoms with Crippen LogP contribution in [0.4, 0.5) is 4.70 Å². The molecule has 5 heavy (non-hydrogen) atoms. The Kier molecular flexibility index (Phi) is 140. The Morgan fingerprint density at radius 1 is 1.40 bits per heavy atom. The van der Waals surface area contributed by atoms with Crippen molar-refractivity contribution in [2.45, 2.75) is 0 Å². The Hall–Kier alpha value is 2.92. The van der Waals surface area contributed by atoms with E-state index in [0.717, 1.165) is 0 Å². The van der Waals surface area contributed by atoms with E-state index in [1.54, 1.807) is 0 Å². The van der Waals surface area contributed by atoms with Gasteiger partial charge in [0.15, 0.2) is 0 Å².